The number of rotatable bonds is 6. The number of benzene rings is 2. The predicted molar refractivity (Wildman–Crippen MR) is 88.8 cm³/mol. The number of amides is 2. The summed E-state index contributed by atoms with van der Waals surface area (Å²) in [6.07, 6.45) is 2.08. The Labute approximate surface area is 126 Å². The smallest absolute Gasteiger partial charge is 0.319 e. The Kier molecular flexibility index (Phi) is 5.58. The highest BCUT2D eigenvalue weighted by Crippen LogP contribution is 2.18. The van der Waals surface area contributed by atoms with Gasteiger partial charge in [-0.3, -0.25) is 0 Å². The number of carbonyl (C=O) groups excluding carboxylic acids is 1. The Balaban J connectivity index is 1.78. The molecule has 4 heteroatoms. The summed E-state index contributed by atoms with van der Waals surface area (Å²) in [5.74, 6) is 0. The number of unbranched alkanes of at least 4 members (excludes halogenated alkanes) is 1. The number of nitrogens with zero attached hydrogens (tertiary/aromatic N) is 1. The first-order valence-corrected chi connectivity index (χ1v) is 7.33. The van der Waals surface area contributed by atoms with E-state index in [1.807, 2.05) is 36.4 Å². The second-order valence-corrected chi connectivity index (χ2v) is 5.45. The topological polar surface area (TPSA) is 44.4 Å². The van der Waals surface area contributed by atoms with Gasteiger partial charge in [-0.1, -0.05) is 30.3 Å². The largest absolute Gasteiger partial charge is 0.338 e. The molecule has 0 spiro atoms. The van der Waals surface area contributed by atoms with Crippen LogP contribution in [0.5, 0.6) is 0 Å². The molecule has 0 saturated carbocycles. The molecule has 0 aromatic heterocycles. The molecular formula is C17H23N3O. The molecule has 2 aromatic carbocycles. The van der Waals surface area contributed by atoms with Crippen LogP contribution < -0.4 is 10.6 Å². The van der Waals surface area contributed by atoms with Crippen molar-refractivity contribution in [3.8, 4) is 0 Å². The van der Waals surface area contributed by atoms with Crippen molar-refractivity contribution in [1.29, 1.82) is 0 Å². The fourth-order valence-electron chi connectivity index (χ4n) is 2.20. The highest BCUT2D eigenvalue weighted by Gasteiger charge is 2.02. The summed E-state index contributed by atoms with van der Waals surface area (Å²) in [6, 6.07) is 13.9. The summed E-state index contributed by atoms with van der Waals surface area (Å²) < 4.78 is 0. The van der Waals surface area contributed by atoms with E-state index in [1.165, 1.54) is 5.39 Å². The standard InChI is InChI=1S/C17H23N3O/c1-20(2)12-6-5-11-18-17(21)19-16-10-9-14-7-3-4-8-15(14)13-16/h3-4,7-10,13H,5-6,11-12H2,1-2H3,(H2,18,19,21). The number of nitrogens with one attached hydrogen (secondary N) is 2. The van der Waals surface area contributed by atoms with Crippen molar-refractivity contribution in [2.75, 3.05) is 32.5 Å². The molecule has 0 bridgehead atoms. The van der Waals surface area contributed by atoms with E-state index in [0.717, 1.165) is 30.5 Å². The minimum atomic E-state index is -0.143. The number of carbonyl (C=O) groups is 1. The van der Waals surface area contributed by atoms with Gasteiger partial charge in [-0.05, 0) is 56.4 Å². The van der Waals surface area contributed by atoms with Gasteiger partial charge in [0.1, 0.15) is 0 Å². The average molecular weight is 285 g/mol. The molecule has 0 saturated heterocycles. The number of fused-ring (bicyclic) bond motifs is 1. The maximum atomic E-state index is 11.8. The maximum Gasteiger partial charge on any atom is 0.319 e. The van der Waals surface area contributed by atoms with Gasteiger partial charge < -0.3 is 15.5 Å². The van der Waals surface area contributed by atoms with Gasteiger partial charge >= 0.3 is 6.03 Å². The lowest BCUT2D eigenvalue weighted by Gasteiger charge is -2.10. The van der Waals surface area contributed by atoms with Crippen LogP contribution >= 0.6 is 0 Å². The average Bonchev–Trinajstić information content (AvgIpc) is 2.46. The molecule has 112 valence electrons. The quantitative estimate of drug-likeness (QED) is 0.800. The molecule has 0 aliphatic rings. The summed E-state index contributed by atoms with van der Waals surface area (Å²) in [6.45, 7) is 1.75. The Bertz CT molecular complexity index is 595. The second kappa shape index (κ2) is 7.64. The third kappa shape index (κ3) is 5.08. The molecule has 0 atom stereocenters. The van der Waals surface area contributed by atoms with Crippen LogP contribution in [0.2, 0.25) is 0 Å². The van der Waals surface area contributed by atoms with Crippen LogP contribution in [0.25, 0.3) is 10.8 Å². The van der Waals surface area contributed by atoms with Crippen LogP contribution in [0.1, 0.15) is 12.8 Å². The molecule has 4 nitrogen and oxygen atoms in total. The molecule has 0 aliphatic carbocycles. The molecule has 21 heavy (non-hydrogen) atoms. The summed E-state index contributed by atoms with van der Waals surface area (Å²) >= 11 is 0. The van der Waals surface area contributed by atoms with E-state index in [2.05, 4.69) is 35.7 Å². The first kappa shape index (κ1) is 15.3. The van der Waals surface area contributed by atoms with Crippen LogP contribution in [-0.2, 0) is 0 Å². The van der Waals surface area contributed by atoms with E-state index in [1.54, 1.807) is 0 Å². The summed E-state index contributed by atoms with van der Waals surface area (Å²) in [4.78, 5) is 14.0. The van der Waals surface area contributed by atoms with E-state index >= 15 is 0 Å². The molecular weight excluding hydrogens is 262 g/mol. The third-order valence-electron chi connectivity index (χ3n) is 3.32. The van der Waals surface area contributed by atoms with Crippen LogP contribution in [0.3, 0.4) is 0 Å². The SMILES string of the molecule is CN(C)CCCCNC(=O)Nc1ccc2ccccc2c1. The Morgan fingerprint density at radius 2 is 1.81 bits per heavy atom. The van der Waals surface area contributed by atoms with Crippen LogP contribution in [0, 0.1) is 0 Å². The summed E-state index contributed by atoms with van der Waals surface area (Å²) in [7, 11) is 4.11. The Hall–Kier alpha value is -2.07. The van der Waals surface area contributed by atoms with E-state index in [4.69, 9.17) is 0 Å². The number of hydrogen-bond acceptors (Lipinski definition) is 2. The Morgan fingerprint density at radius 1 is 1.05 bits per heavy atom. The number of hydrogen-bond donors (Lipinski definition) is 2. The maximum absolute atomic E-state index is 11.8. The lowest BCUT2D eigenvalue weighted by molar-refractivity contribution is 0.251. The van der Waals surface area contributed by atoms with Crippen molar-refractivity contribution >= 4 is 22.5 Å². The lowest BCUT2D eigenvalue weighted by atomic mass is 10.1. The summed E-state index contributed by atoms with van der Waals surface area (Å²) in [5.41, 5.74) is 0.819. The van der Waals surface area contributed by atoms with E-state index < -0.39 is 0 Å². The van der Waals surface area contributed by atoms with Crippen molar-refractivity contribution < 1.29 is 4.79 Å². The molecule has 0 heterocycles. The van der Waals surface area contributed by atoms with E-state index in [-0.39, 0.29) is 6.03 Å². The van der Waals surface area contributed by atoms with E-state index in [9.17, 15) is 4.79 Å². The molecule has 0 unspecified atom stereocenters. The van der Waals surface area contributed by atoms with Gasteiger partial charge in [-0.2, -0.15) is 0 Å². The van der Waals surface area contributed by atoms with Gasteiger partial charge in [0.25, 0.3) is 0 Å². The highest BCUT2D eigenvalue weighted by atomic mass is 16.2. The first-order chi connectivity index (χ1) is 10.1. The molecule has 2 amide bonds. The van der Waals surface area contributed by atoms with Crippen molar-refractivity contribution in [1.82, 2.24) is 10.2 Å². The molecule has 0 radical (unpaired) electrons. The first-order valence-electron chi connectivity index (χ1n) is 7.33. The third-order valence-corrected chi connectivity index (χ3v) is 3.32. The molecule has 2 N–H and O–H groups in total. The van der Waals surface area contributed by atoms with Crippen molar-refractivity contribution in [3.63, 3.8) is 0 Å². The minimum Gasteiger partial charge on any atom is -0.338 e. The fourth-order valence-corrected chi connectivity index (χ4v) is 2.20. The van der Waals surface area contributed by atoms with Gasteiger partial charge in [0.2, 0.25) is 0 Å². The second-order valence-electron chi connectivity index (χ2n) is 5.45. The highest BCUT2D eigenvalue weighted by molar-refractivity contribution is 5.93. The van der Waals surface area contributed by atoms with Crippen molar-refractivity contribution in [2.24, 2.45) is 0 Å². The lowest BCUT2D eigenvalue weighted by Crippen LogP contribution is -2.29. The number of anilines is 1. The van der Waals surface area contributed by atoms with Gasteiger partial charge in [-0.15, -0.1) is 0 Å². The molecule has 2 aromatic rings. The van der Waals surface area contributed by atoms with Crippen LogP contribution in [0.4, 0.5) is 10.5 Å². The summed E-state index contributed by atoms with van der Waals surface area (Å²) in [5, 5.41) is 8.06. The van der Waals surface area contributed by atoms with Crippen LogP contribution in [-0.4, -0.2) is 38.1 Å². The Morgan fingerprint density at radius 3 is 2.57 bits per heavy atom. The van der Waals surface area contributed by atoms with Gasteiger partial charge in [0, 0.05) is 12.2 Å². The van der Waals surface area contributed by atoms with Crippen molar-refractivity contribution in [2.45, 2.75) is 12.8 Å². The zero-order chi connectivity index (χ0) is 15.1. The monoisotopic (exact) mass is 285 g/mol. The van der Waals surface area contributed by atoms with E-state index in [0.29, 0.717) is 6.54 Å². The zero-order valence-electron chi connectivity index (χ0n) is 12.7. The predicted octanol–water partition coefficient (Wildman–Crippen LogP) is 3.30. The molecule has 0 aliphatic heterocycles. The fraction of sp³-hybridized carbons (Fsp3) is 0.353. The zero-order valence-corrected chi connectivity index (χ0v) is 12.7. The minimum absolute atomic E-state index is 0.143. The van der Waals surface area contributed by atoms with Gasteiger partial charge in [-0.25, -0.2) is 4.79 Å². The van der Waals surface area contributed by atoms with Gasteiger partial charge in [0.15, 0.2) is 0 Å². The van der Waals surface area contributed by atoms with Crippen LogP contribution in [0.15, 0.2) is 42.5 Å². The van der Waals surface area contributed by atoms with Crippen molar-refractivity contribution in [3.05, 3.63) is 42.5 Å². The number of urea groups is 1. The molecule has 0 fully saturated rings. The molecule has 2 rings (SSSR count). The normalized spacial score (nSPS) is 10.8. The van der Waals surface area contributed by atoms with Gasteiger partial charge in [0.05, 0.1) is 0 Å².